The molecule has 0 saturated heterocycles. The quantitative estimate of drug-likeness (QED) is 0.824. The van der Waals surface area contributed by atoms with Crippen molar-refractivity contribution in [3.05, 3.63) is 29.8 Å². The zero-order valence-corrected chi connectivity index (χ0v) is 10.6. The van der Waals surface area contributed by atoms with Crippen LogP contribution in [-0.4, -0.2) is 18.2 Å². The van der Waals surface area contributed by atoms with Crippen molar-refractivity contribution in [1.82, 2.24) is 0 Å². The number of ether oxygens (including phenoxy) is 1. The predicted molar refractivity (Wildman–Crippen MR) is 67.4 cm³/mol. The lowest BCUT2D eigenvalue weighted by Crippen LogP contribution is -2.13. The lowest BCUT2D eigenvalue weighted by atomic mass is 9.83. The Hall–Kier alpha value is -1.51. The highest BCUT2D eigenvalue weighted by molar-refractivity contribution is 5.67. The fraction of sp³-hybridized carbons (Fsp3) is 0.500. The van der Waals surface area contributed by atoms with Gasteiger partial charge in [-0.25, -0.2) is 0 Å². The molecule has 2 unspecified atom stereocenters. The monoisotopic (exact) mass is 236 g/mol. The zero-order valence-electron chi connectivity index (χ0n) is 10.6. The first kappa shape index (κ1) is 13.6. The Balaban J connectivity index is 2.88. The van der Waals surface area contributed by atoms with E-state index >= 15 is 0 Å². The van der Waals surface area contributed by atoms with Crippen LogP contribution in [0, 0.1) is 5.92 Å². The largest absolute Gasteiger partial charge is 0.497 e. The van der Waals surface area contributed by atoms with Gasteiger partial charge in [0, 0.05) is 6.42 Å². The van der Waals surface area contributed by atoms with Crippen LogP contribution < -0.4 is 4.74 Å². The Morgan fingerprint density at radius 1 is 1.47 bits per heavy atom. The Kier molecular flexibility index (Phi) is 5.01. The van der Waals surface area contributed by atoms with Crippen LogP contribution in [0.4, 0.5) is 0 Å². The van der Waals surface area contributed by atoms with Gasteiger partial charge in [0.2, 0.25) is 0 Å². The van der Waals surface area contributed by atoms with Gasteiger partial charge in [-0.1, -0.05) is 26.0 Å². The fourth-order valence-corrected chi connectivity index (χ4v) is 2.26. The van der Waals surface area contributed by atoms with Crippen molar-refractivity contribution in [3.8, 4) is 5.75 Å². The van der Waals surface area contributed by atoms with E-state index in [2.05, 4.69) is 6.92 Å². The van der Waals surface area contributed by atoms with Crippen molar-refractivity contribution < 1.29 is 14.6 Å². The van der Waals surface area contributed by atoms with Gasteiger partial charge in [-0.15, -0.1) is 0 Å². The topological polar surface area (TPSA) is 46.5 Å². The number of carboxylic acid groups (broad SMARTS) is 1. The molecule has 1 aromatic rings. The van der Waals surface area contributed by atoms with Crippen LogP contribution in [-0.2, 0) is 4.79 Å². The summed E-state index contributed by atoms with van der Waals surface area (Å²) in [4.78, 5) is 10.8. The van der Waals surface area contributed by atoms with Crippen LogP contribution in [0.1, 0.15) is 38.2 Å². The average molecular weight is 236 g/mol. The van der Waals surface area contributed by atoms with Gasteiger partial charge < -0.3 is 9.84 Å². The molecule has 0 fully saturated rings. The summed E-state index contributed by atoms with van der Waals surface area (Å²) in [5.41, 5.74) is 1.15. The van der Waals surface area contributed by atoms with Crippen molar-refractivity contribution in [2.75, 3.05) is 7.11 Å². The van der Waals surface area contributed by atoms with Crippen LogP contribution >= 0.6 is 0 Å². The number of benzene rings is 1. The average Bonchev–Trinajstić information content (AvgIpc) is 2.29. The molecule has 1 aromatic carbocycles. The van der Waals surface area contributed by atoms with Crippen LogP contribution in [0.5, 0.6) is 5.75 Å². The number of hydrogen-bond acceptors (Lipinski definition) is 2. The number of aliphatic carboxylic acids is 1. The van der Waals surface area contributed by atoms with E-state index in [0.717, 1.165) is 17.7 Å². The minimum Gasteiger partial charge on any atom is -0.497 e. The zero-order chi connectivity index (χ0) is 12.8. The van der Waals surface area contributed by atoms with E-state index in [0.29, 0.717) is 0 Å². The summed E-state index contributed by atoms with van der Waals surface area (Å²) in [7, 11) is 1.64. The highest BCUT2D eigenvalue weighted by Crippen LogP contribution is 2.31. The number of carboxylic acids is 1. The van der Waals surface area contributed by atoms with E-state index in [1.165, 1.54) is 0 Å². The Morgan fingerprint density at radius 3 is 2.71 bits per heavy atom. The first-order valence-corrected chi connectivity index (χ1v) is 5.94. The smallest absolute Gasteiger partial charge is 0.303 e. The van der Waals surface area contributed by atoms with E-state index in [-0.39, 0.29) is 18.3 Å². The maximum absolute atomic E-state index is 10.8. The van der Waals surface area contributed by atoms with Gasteiger partial charge in [-0.05, 0) is 36.0 Å². The molecule has 0 aliphatic carbocycles. The van der Waals surface area contributed by atoms with Gasteiger partial charge in [-0.3, -0.25) is 4.79 Å². The first-order chi connectivity index (χ1) is 8.08. The molecule has 0 aromatic heterocycles. The molecule has 0 aliphatic heterocycles. The van der Waals surface area contributed by atoms with Crippen LogP contribution in [0.15, 0.2) is 24.3 Å². The summed E-state index contributed by atoms with van der Waals surface area (Å²) >= 11 is 0. The second-order valence-electron chi connectivity index (χ2n) is 4.37. The summed E-state index contributed by atoms with van der Waals surface area (Å²) < 4.78 is 5.19. The lowest BCUT2D eigenvalue weighted by Gasteiger charge is -2.22. The van der Waals surface area contributed by atoms with Crippen molar-refractivity contribution in [3.63, 3.8) is 0 Å². The molecule has 0 spiro atoms. The van der Waals surface area contributed by atoms with E-state index in [4.69, 9.17) is 9.84 Å². The normalized spacial score (nSPS) is 14.1. The SMILES string of the molecule is CCC(c1cccc(OC)c1)C(C)CC(=O)O. The molecular formula is C14H20O3. The molecule has 1 N–H and O–H groups in total. The molecule has 0 heterocycles. The van der Waals surface area contributed by atoms with Crippen molar-refractivity contribution in [1.29, 1.82) is 0 Å². The summed E-state index contributed by atoms with van der Waals surface area (Å²) in [5, 5.41) is 8.85. The summed E-state index contributed by atoms with van der Waals surface area (Å²) in [5.74, 6) is 0.480. The van der Waals surface area contributed by atoms with Crippen LogP contribution in [0.3, 0.4) is 0 Å². The van der Waals surface area contributed by atoms with E-state index in [9.17, 15) is 4.79 Å². The molecule has 17 heavy (non-hydrogen) atoms. The number of rotatable bonds is 6. The number of methoxy groups -OCH3 is 1. The van der Waals surface area contributed by atoms with E-state index < -0.39 is 5.97 Å². The Labute approximate surface area is 102 Å². The molecule has 3 heteroatoms. The minimum atomic E-state index is -0.737. The van der Waals surface area contributed by atoms with Crippen molar-refractivity contribution in [2.24, 2.45) is 5.92 Å². The Bertz CT molecular complexity index is 373. The standard InChI is InChI=1S/C14H20O3/c1-4-13(10(2)8-14(15)16)11-6-5-7-12(9-11)17-3/h5-7,9-10,13H,4,8H2,1-3H3,(H,15,16). The molecule has 0 amide bonds. The van der Waals surface area contributed by atoms with E-state index in [1.54, 1.807) is 7.11 Å². The minimum absolute atomic E-state index is 0.129. The van der Waals surface area contributed by atoms with E-state index in [1.807, 2.05) is 31.2 Å². The van der Waals surface area contributed by atoms with Gasteiger partial charge in [0.25, 0.3) is 0 Å². The molecule has 94 valence electrons. The van der Waals surface area contributed by atoms with Crippen molar-refractivity contribution in [2.45, 2.75) is 32.6 Å². The molecular weight excluding hydrogens is 216 g/mol. The van der Waals surface area contributed by atoms with Gasteiger partial charge in [0.15, 0.2) is 0 Å². The molecule has 0 bridgehead atoms. The number of carbonyl (C=O) groups is 1. The van der Waals surface area contributed by atoms with Crippen LogP contribution in [0.2, 0.25) is 0 Å². The highest BCUT2D eigenvalue weighted by atomic mass is 16.5. The molecule has 0 aliphatic rings. The van der Waals surface area contributed by atoms with Gasteiger partial charge >= 0.3 is 5.97 Å². The molecule has 0 saturated carbocycles. The second kappa shape index (κ2) is 6.28. The molecule has 3 nitrogen and oxygen atoms in total. The van der Waals surface area contributed by atoms with Crippen molar-refractivity contribution >= 4 is 5.97 Å². The third-order valence-corrected chi connectivity index (χ3v) is 3.15. The fourth-order valence-electron chi connectivity index (χ4n) is 2.26. The van der Waals surface area contributed by atoms with Gasteiger partial charge in [0.1, 0.15) is 5.75 Å². The predicted octanol–water partition coefficient (Wildman–Crippen LogP) is 3.30. The molecule has 1 rings (SSSR count). The first-order valence-electron chi connectivity index (χ1n) is 5.94. The summed E-state index contributed by atoms with van der Waals surface area (Å²) in [6.07, 6.45) is 1.14. The molecule has 2 atom stereocenters. The number of hydrogen-bond donors (Lipinski definition) is 1. The maximum atomic E-state index is 10.8. The Morgan fingerprint density at radius 2 is 2.18 bits per heavy atom. The van der Waals surface area contributed by atoms with Gasteiger partial charge in [-0.2, -0.15) is 0 Å². The lowest BCUT2D eigenvalue weighted by molar-refractivity contribution is -0.138. The third-order valence-electron chi connectivity index (χ3n) is 3.15. The molecule has 0 radical (unpaired) electrons. The second-order valence-corrected chi connectivity index (χ2v) is 4.37. The highest BCUT2D eigenvalue weighted by Gasteiger charge is 2.20. The maximum Gasteiger partial charge on any atom is 0.303 e. The van der Waals surface area contributed by atoms with Crippen LogP contribution in [0.25, 0.3) is 0 Å². The summed E-state index contributed by atoms with van der Waals surface area (Å²) in [6, 6.07) is 7.88. The van der Waals surface area contributed by atoms with Gasteiger partial charge in [0.05, 0.1) is 7.11 Å². The third kappa shape index (κ3) is 3.77. The summed E-state index contributed by atoms with van der Waals surface area (Å²) in [6.45, 7) is 4.07.